The lowest BCUT2D eigenvalue weighted by Gasteiger charge is -2.25. The van der Waals surface area contributed by atoms with Crippen molar-refractivity contribution in [3.05, 3.63) is 28.8 Å². The van der Waals surface area contributed by atoms with Crippen molar-refractivity contribution in [3.63, 3.8) is 0 Å². The first-order chi connectivity index (χ1) is 8.98. The van der Waals surface area contributed by atoms with Gasteiger partial charge in [-0.05, 0) is 48.9 Å². The van der Waals surface area contributed by atoms with Gasteiger partial charge in [-0.15, -0.1) is 0 Å². The van der Waals surface area contributed by atoms with Crippen LogP contribution in [0.1, 0.15) is 39.2 Å². The number of hydrogen-bond donors (Lipinski definition) is 1. The van der Waals surface area contributed by atoms with E-state index < -0.39 is 0 Å². The summed E-state index contributed by atoms with van der Waals surface area (Å²) >= 11 is 6.27. The van der Waals surface area contributed by atoms with Gasteiger partial charge in [0.15, 0.2) is 0 Å². The largest absolute Gasteiger partial charge is 0.497 e. The topological polar surface area (TPSA) is 21.3 Å². The number of halogens is 1. The van der Waals surface area contributed by atoms with Crippen LogP contribution in [0.2, 0.25) is 5.02 Å². The molecule has 19 heavy (non-hydrogen) atoms. The number of hydrogen-bond acceptors (Lipinski definition) is 2. The molecule has 108 valence electrons. The average molecular weight is 284 g/mol. The summed E-state index contributed by atoms with van der Waals surface area (Å²) in [5, 5.41) is 4.29. The van der Waals surface area contributed by atoms with Crippen molar-refractivity contribution in [3.8, 4) is 5.75 Å². The number of rotatable bonds is 8. The Labute approximate surface area is 122 Å². The minimum atomic E-state index is 0.290. The molecule has 0 saturated carbocycles. The first-order valence-electron chi connectivity index (χ1n) is 7.01. The lowest BCUT2D eigenvalue weighted by molar-refractivity contribution is 0.315. The van der Waals surface area contributed by atoms with Gasteiger partial charge in [0, 0.05) is 11.6 Å². The number of aryl methyl sites for hydroxylation is 1. The molecule has 1 N–H and O–H groups in total. The molecule has 0 aliphatic heterocycles. The van der Waals surface area contributed by atoms with Crippen molar-refractivity contribution < 1.29 is 4.74 Å². The van der Waals surface area contributed by atoms with Crippen LogP contribution in [-0.2, 0) is 6.42 Å². The highest BCUT2D eigenvalue weighted by Gasteiger charge is 2.17. The number of nitrogens with one attached hydrogen (secondary N) is 1. The zero-order chi connectivity index (χ0) is 14.3. The predicted octanol–water partition coefficient (Wildman–Crippen LogP) is 4.31. The first kappa shape index (κ1) is 16.3. The Bertz CT molecular complexity index is 390. The van der Waals surface area contributed by atoms with Crippen LogP contribution in [0.15, 0.2) is 18.2 Å². The molecule has 0 fully saturated rings. The molecular weight excluding hydrogens is 258 g/mol. The van der Waals surface area contributed by atoms with Gasteiger partial charge in [-0.1, -0.05) is 38.4 Å². The predicted molar refractivity (Wildman–Crippen MR) is 83.3 cm³/mol. The maximum atomic E-state index is 6.27. The Morgan fingerprint density at radius 1 is 1.32 bits per heavy atom. The Morgan fingerprint density at radius 3 is 2.63 bits per heavy atom. The monoisotopic (exact) mass is 283 g/mol. The quantitative estimate of drug-likeness (QED) is 0.718. The fourth-order valence-corrected chi connectivity index (χ4v) is 2.29. The molecule has 0 heterocycles. The van der Waals surface area contributed by atoms with Crippen molar-refractivity contribution in [2.45, 2.75) is 40.0 Å². The normalized spacial score (nSPS) is 11.6. The highest BCUT2D eigenvalue weighted by atomic mass is 35.5. The minimum Gasteiger partial charge on any atom is -0.497 e. The third-order valence-corrected chi connectivity index (χ3v) is 3.71. The van der Waals surface area contributed by atoms with Gasteiger partial charge in [0.1, 0.15) is 5.75 Å². The molecule has 0 aliphatic rings. The minimum absolute atomic E-state index is 0.290. The van der Waals surface area contributed by atoms with Gasteiger partial charge in [-0.2, -0.15) is 0 Å². The molecule has 0 unspecified atom stereocenters. The molecule has 3 heteroatoms. The standard InChI is InChI=1S/C16H26ClNO/c1-5-10-18-12-16(2,3)9-8-13-6-7-14(19-4)11-15(13)17/h6-7,11,18H,5,8-10,12H2,1-4H3. The molecule has 1 aromatic rings. The third-order valence-electron chi connectivity index (χ3n) is 3.36. The highest BCUT2D eigenvalue weighted by Crippen LogP contribution is 2.27. The van der Waals surface area contributed by atoms with E-state index in [2.05, 4.69) is 32.2 Å². The summed E-state index contributed by atoms with van der Waals surface area (Å²) in [6.07, 6.45) is 3.31. The molecule has 0 amide bonds. The molecule has 0 atom stereocenters. The summed E-state index contributed by atoms with van der Waals surface area (Å²) in [5.74, 6) is 0.817. The van der Waals surface area contributed by atoms with Crippen LogP contribution in [0.5, 0.6) is 5.75 Å². The SMILES string of the molecule is CCCNCC(C)(C)CCc1ccc(OC)cc1Cl. The fraction of sp³-hybridized carbons (Fsp3) is 0.625. The Morgan fingerprint density at radius 2 is 2.05 bits per heavy atom. The van der Waals surface area contributed by atoms with Crippen molar-refractivity contribution in [1.82, 2.24) is 5.32 Å². The molecule has 0 aliphatic carbocycles. The summed E-state index contributed by atoms with van der Waals surface area (Å²) < 4.78 is 5.17. The van der Waals surface area contributed by atoms with Crippen LogP contribution in [0.25, 0.3) is 0 Å². The zero-order valence-corrected chi connectivity index (χ0v) is 13.3. The van der Waals surface area contributed by atoms with E-state index in [1.807, 2.05) is 12.1 Å². The van der Waals surface area contributed by atoms with E-state index in [9.17, 15) is 0 Å². The first-order valence-corrected chi connectivity index (χ1v) is 7.39. The van der Waals surface area contributed by atoms with Crippen molar-refractivity contribution in [2.75, 3.05) is 20.2 Å². The van der Waals surface area contributed by atoms with Gasteiger partial charge in [-0.25, -0.2) is 0 Å². The summed E-state index contributed by atoms with van der Waals surface area (Å²) in [7, 11) is 1.66. The second kappa shape index (κ2) is 7.76. The summed E-state index contributed by atoms with van der Waals surface area (Å²) in [5.41, 5.74) is 1.49. The van der Waals surface area contributed by atoms with Gasteiger partial charge in [0.2, 0.25) is 0 Å². The number of ether oxygens (including phenoxy) is 1. The molecule has 1 rings (SSSR count). The smallest absolute Gasteiger partial charge is 0.120 e. The van der Waals surface area contributed by atoms with Crippen LogP contribution in [0, 0.1) is 5.41 Å². The van der Waals surface area contributed by atoms with E-state index in [0.717, 1.165) is 36.7 Å². The molecule has 0 radical (unpaired) electrons. The van der Waals surface area contributed by atoms with Crippen LogP contribution in [-0.4, -0.2) is 20.2 Å². The maximum Gasteiger partial charge on any atom is 0.120 e. The molecular formula is C16H26ClNO. The summed E-state index contributed by atoms with van der Waals surface area (Å²) in [6, 6.07) is 5.93. The third kappa shape index (κ3) is 5.84. The Hall–Kier alpha value is -0.730. The average Bonchev–Trinajstić information content (AvgIpc) is 2.37. The van der Waals surface area contributed by atoms with Gasteiger partial charge >= 0.3 is 0 Å². The summed E-state index contributed by atoms with van der Waals surface area (Å²) in [4.78, 5) is 0. The van der Waals surface area contributed by atoms with Crippen molar-refractivity contribution in [1.29, 1.82) is 0 Å². The van der Waals surface area contributed by atoms with E-state index in [-0.39, 0.29) is 0 Å². The highest BCUT2D eigenvalue weighted by molar-refractivity contribution is 6.31. The molecule has 0 spiro atoms. The van der Waals surface area contributed by atoms with Crippen LogP contribution < -0.4 is 10.1 Å². The maximum absolute atomic E-state index is 6.27. The van der Waals surface area contributed by atoms with E-state index in [1.165, 1.54) is 12.0 Å². The molecule has 0 aromatic heterocycles. The fourth-order valence-electron chi connectivity index (χ4n) is 2.02. The zero-order valence-electron chi connectivity index (χ0n) is 12.6. The summed E-state index contributed by atoms with van der Waals surface area (Å²) in [6.45, 7) is 8.93. The van der Waals surface area contributed by atoms with Gasteiger partial charge < -0.3 is 10.1 Å². The second-order valence-corrected chi connectivity index (χ2v) is 6.21. The Kier molecular flexibility index (Phi) is 6.67. The lowest BCUT2D eigenvalue weighted by Crippen LogP contribution is -2.30. The van der Waals surface area contributed by atoms with Gasteiger partial charge in [0.05, 0.1) is 7.11 Å². The second-order valence-electron chi connectivity index (χ2n) is 5.80. The van der Waals surface area contributed by atoms with E-state index >= 15 is 0 Å². The van der Waals surface area contributed by atoms with Gasteiger partial charge in [-0.3, -0.25) is 0 Å². The van der Waals surface area contributed by atoms with E-state index in [4.69, 9.17) is 16.3 Å². The Balaban J connectivity index is 2.51. The van der Waals surface area contributed by atoms with Crippen LogP contribution in [0.4, 0.5) is 0 Å². The molecule has 2 nitrogen and oxygen atoms in total. The molecule has 0 saturated heterocycles. The van der Waals surface area contributed by atoms with E-state index in [1.54, 1.807) is 7.11 Å². The van der Waals surface area contributed by atoms with Crippen molar-refractivity contribution >= 4 is 11.6 Å². The number of methoxy groups -OCH3 is 1. The molecule has 1 aromatic carbocycles. The van der Waals surface area contributed by atoms with Crippen molar-refractivity contribution in [2.24, 2.45) is 5.41 Å². The number of benzene rings is 1. The lowest BCUT2D eigenvalue weighted by atomic mass is 9.86. The van der Waals surface area contributed by atoms with Gasteiger partial charge in [0.25, 0.3) is 0 Å². The van der Waals surface area contributed by atoms with Crippen LogP contribution >= 0.6 is 11.6 Å². The molecule has 0 bridgehead atoms. The van der Waals surface area contributed by atoms with Crippen LogP contribution in [0.3, 0.4) is 0 Å². The van der Waals surface area contributed by atoms with E-state index in [0.29, 0.717) is 5.41 Å².